The lowest BCUT2D eigenvalue weighted by atomic mass is 10.0. The molecule has 0 atom stereocenters. The molecule has 14 heavy (non-hydrogen) atoms. The highest BCUT2D eigenvalue weighted by Crippen LogP contribution is 2.21. The molecule has 4 heteroatoms. The number of aromatic nitrogens is 1. The van der Waals surface area contributed by atoms with Gasteiger partial charge >= 0.3 is 0 Å². The summed E-state index contributed by atoms with van der Waals surface area (Å²) in [5.41, 5.74) is 0.785. The van der Waals surface area contributed by atoms with Crippen LogP contribution >= 0.6 is 23.2 Å². The number of alkyl halides is 2. The highest BCUT2D eigenvalue weighted by molar-refractivity contribution is 6.22. The molecule has 0 saturated carbocycles. The van der Waals surface area contributed by atoms with Crippen molar-refractivity contribution >= 4 is 28.9 Å². The van der Waals surface area contributed by atoms with Gasteiger partial charge in [-0.1, -0.05) is 6.92 Å². The number of pyridine rings is 1. The molecular formula is C10H14Cl2N2. The van der Waals surface area contributed by atoms with Crippen molar-refractivity contribution in [3.05, 3.63) is 24.5 Å². The molecule has 1 N–H and O–H groups in total. The predicted molar refractivity (Wildman–Crippen MR) is 62.3 cm³/mol. The Balaban J connectivity index is 2.74. The molecule has 0 aliphatic rings. The minimum absolute atomic E-state index is 0.218. The van der Waals surface area contributed by atoms with E-state index in [1.54, 1.807) is 12.4 Å². The molecule has 0 aliphatic heterocycles. The van der Waals surface area contributed by atoms with E-state index in [9.17, 15) is 0 Å². The van der Waals surface area contributed by atoms with Crippen LogP contribution in [0.3, 0.4) is 0 Å². The van der Waals surface area contributed by atoms with Gasteiger partial charge in [-0.2, -0.15) is 0 Å². The summed E-state index contributed by atoms with van der Waals surface area (Å²) in [6.45, 7) is 2.07. The highest BCUT2D eigenvalue weighted by atomic mass is 35.5. The van der Waals surface area contributed by atoms with Crippen LogP contribution in [0.1, 0.15) is 13.3 Å². The summed E-state index contributed by atoms with van der Waals surface area (Å²) >= 11 is 11.8. The second-order valence-electron chi connectivity index (χ2n) is 3.26. The van der Waals surface area contributed by atoms with Crippen LogP contribution in [0.15, 0.2) is 24.5 Å². The average Bonchev–Trinajstić information content (AvgIpc) is 2.28. The summed E-state index contributed by atoms with van der Waals surface area (Å²) in [6.07, 6.45) is 4.37. The number of nitrogens with one attached hydrogen (secondary N) is 1. The summed E-state index contributed by atoms with van der Waals surface area (Å²) in [4.78, 5) is 3.95. The van der Waals surface area contributed by atoms with Gasteiger partial charge in [0.1, 0.15) is 0 Å². The first-order valence-corrected chi connectivity index (χ1v) is 5.63. The second kappa shape index (κ2) is 5.42. The Bertz CT molecular complexity index is 252. The Morgan fingerprint density at radius 2 is 1.86 bits per heavy atom. The first-order chi connectivity index (χ1) is 6.76. The molecule has 1 aromatic heterocycles. The van der Waals surface area contributed by atoms with Gasteiger partial charge in [0.25, 0.3) is 0 Å². The van der Waals surface area contributed by atoms with E-state index in [1.807, 2.05) is 12.1 Å². The van der Waals surface area contributed by atoms with Gasteiger partial charge in [0, 0.05) is 29.8 Å². The van der Waals surface area contributed by atoms with Crippen molar-refractivity contribution in [3.8, 4) is 0 Å². The largest absolute Gasteiger partial charge is 0.377 e. The minimum Gasteiger partial charge on any atom is -0.377 e. The summed E-state index contributed by atoms with van der Waals surface area (Å²) in [7, 11) is 0. The Hall–Kier alpha value is -0.470. The van der Waals surface area contributed by atoms with Crippen molar-refractivity contribution in [2.75, 3.05) is 17.1 Å². The van der Waals surface area contributed by atoms with Crippen molar-refractivity contribution in [2.24, 2.45) is 0 Å². The maximum atomic E-state index is 5.91. The van der Waals surface area contributed by atoms with Crippen molar-refractivity contribution in [2.45, 2.75) is 18.9 Å². The van der Waals surface area contributed by atoms with Crippen LogP contribution in [0.4, 0.5) is 5.69 Å². The van der Waals surface area contributed by atoms with Crippen LogP contribution < -0.4 is 5.32 Å². The van der Waals surface area contributed by atoms with E-state index in [0.29, 0.717) is 11.8 Å². The number of anilines is 1. The molecule has 78 valence electrons. The predicted octanol–water partition coefficient (Wildman–Crippen LogP) is 3.12. The zero-order chi connectivity index (χ0) is 10.4. The third kappa shape index (κ3) is 2.76. The summed E-state index contributed by atoms with van der Waals surface area (Å²) in [6, 6.07) is 3.81. The van der Waals surface area contributed by atoms with Gasteiger partial charge in [0.05, 0.1) is 5.54 Å². The standard InChI is InChI=1S/C10H14Cl2N2/c1-2-10(7-11,8-12)14-9-3-5-13-6-4-9/h3-6H,2,7-8H2,1H3,(H,13,14). The van der Waals surface area contributed by atoms with Crippen molar-refractivity contribution < 1.29 is 0 Å². The van der Waals surface area contributed by atoms with Crippen molar-refractivity contribution in [3.63, 3.8) is 0 Å². The number of halogens is 2. The quantitative estimate of drug-likeness (QED) is 0.790. The third-order valence-electron chi connectivity index (χ3n) is 2.28. The molecule has 0 unspecified atom stereocenters. The van der Waals surface area contributed by atoms with Gasteiger partial charge in [-0.3, -0.25) is 4.98 Å². The Morgan fingerprint density at radius 1 is 1.29 bits per heavy atom. The number of rotatable bonds is 5. The first kappa shape index (κ1) is 11.6. The van der Waals surface area contributed by atoms with Gasteiger partial charge in [0.2, 0.25) is 0 Å². The smallest absolute Gasteiger partial charge is 0.0641 e. The average molecular weight is 233 g/mol. The van der Waals surface area contributed by atoms with Gasteiger partial charge in [0.15, 0.2) is 0 Å². The Kier molecular flexibility index (Phi) is 4.49. The van der Waals surface area contributed by atoms with Gasteiger partial charge in [-0.15, -0.1) is 23.2 Å². The number of nitrogens with zero attached hydrogens (tertiary/aromatic N) is 1. The molecule has 0 aromatic carbocycles. The van der Waals surface area contributed by atoms with Crippen LogP contribution in [0.5, 0.6) is 0 Å². The molecule has 0 saturated heterocycles. The second-order valence-corrected chi connectivity index (χ2v) is 3.80. The van der Waals surface area contributed by atoms with E-state index in [-0.39, 0.29) is 5.54 Å². The maximum Gasteiger partial charge on any atom is 0.0641 e. The molecule has 0 fully saturated rings. The normalized spacial score (nSPS) is 11.4. The molecule has 1 rings (SSSR count). The van der Waals surface area contributed by atoms with Gasteiger partial charge < -0.3 is 5.32 Å². The maximum absolute atomic E-state index is 5.91. The summed E-state index contributed by atoms with van der Waals surface area (Å²) in [5.74, 6) is 0.991. The van der Waals surface area contributed by atoms with Gasteiger partial charge in [-0.25, -0.2) is 0 Å². The molecule has 0 radical (unpaired) electrons. The minimum atomic E-state index is -0.218. The fourth-order valence-electron chi connectivity index (χ4n) is 1.12. The molecule has 0 bridgehead atoms. The van der Waals surface area contributed by atoms with Crippen LogP contribution in [-0.2, 0) is 0 Å². The molecule has 1 heterocycles. The van der Waals surface area contributed by atoms with E-state index in [1.165, 1.54) is 0 Å². The van der Waals surface area contributed by atoms with E-state index in [4.69, 9.17) is 23.2 Å². The van der Waals surface area contributed by atoms with Gasteiger partial charge in [-0.05, 0) is 18.6 Å². The van der Waals surface area contributed by atoms with Crippen molar-refractivity contribution in [1.29, 1.82) is 0 Å². The fourth-order valence-corrected chi connectivity index (χ4v) is 1.92. The Labute approximate surface area is 94.6 Å². The van der Waals surface area contributed by atoms with Crippen molar-refractivity contribution in [1.82, 2.24) is 4.98 Å². The van der Waals surface area contributed by atoms with Crippen LogP contribution in [0, 0.1) is 0 Å². The zero-order valence-corrected chi connectivity index (χ0v) is 9.65. The molecular weight excluding hydrogens is 219 g/mol. The van der Waals surface area contributed by atoms with E-state index < -0.39 is 0 Å². The van der Waals surface area contributed by atoms with Crippen LogP contribution in [0.25, 0.3) is 0 Å². The highest BCUT2D eigenvalue weighted by Gasteiger charge is 2.25. The molecule has 0 aliphatic carbocycles. The van der Waals surface area contributed by atoms with E-state index in [2.05, 4.69) is 17.2 Å². The lowest BCUT2D eigenvalue weighted by molar-refractivity contribution is 0.560. The summed E-state index contributed by atoms with van der Waals surface area (Å²) in [5, 5.41) is 3.34. The van der Waals surface area contributed by atoms with E-state index in [0.717, 1.165) is 12.1 Å². The van der Waals surface area contributed by atoms with Crippen LogP contribution in [0.2, 0.25) is 0 Å². The monoisotopic (exact) mass is 232 g/mol. The first-order valence-electron chi connectivity index (χ1n) is 4.56. The lowest BCUT2D eigenvalue weighted by Gasteiger charge is -2.30. The number of hydrogen-bond donors (Lipinski definition) is 1. The van der Waals surface area contributed by atoms with E-state index >= 15 is 0 Å². The third-order valence-corrected chi connectivity index (χ3v) is 3.30. The SMILES string of the molecule is CCC(CCl)(CCl)Nc1ccncc1. The summed E-state index contributed by atoms with van der Waals surface area (Å²) < 4.78 is 0. The van der Waals surface area contributed by atoms with Crippen LogP contribution in [-0.4, -0.2) is 22.3 Å². The zero-order valence-electron chi connectivity index (χ0n) is 8.13. The molecule has 2 nitrogen and oxygen atoms in total. The molecule has 0 amide bonds. The Morgan fingerprint density at radius 3 is 2.29 bits per heavy atom. The number of hydrogen-bond acceptors (Lipinski definition) is 2. The molecule has 0 spiro atoms. The molecule has 1 aromatic rings. The fraction of sp³-hybridized carbons (Fsp3) is 0.500. The topological polar surface area (TPSA) is 24.9 Å². The lowest BCUT2D eigenvalue weighted by Crippen LogP contribution is -2.41.